The van der Waals surface area contributed by atoms with Crippen LogP contribution >= 0.6 is 0 Å². The van der Waals surface area contributed by atoms with Crippen LogP contribution in [-0.4, -0.2) is 55.3 Å². The minimum absolute atomic E-state index is 0.0413. The Morgan fingerprint density at radius 3 is 3.00 bits per heavy atom. The van der Waals surface area contributed by atoms with Crippen molar-refractivity contribution in [2.45, 2.75) is 45.8 Å². The van der Waals surface area contributed by atoms with Crippen molar-refractivity contribution in [3.05, 3.63) is 6.33 Å². The van der Waals surface area contributed by atoms with Crippen LogP contribution in [0.25, 0.3) is 0 Å². The fraction of sp³-hybridized carbons (Fsp3) is 0.833. The van der Waals surface area contributed by atoms with E-state index in [1.807, 2.05) is 4.90 Å². The third kappa shape index (κ3) is 3.99. The van der Waals surface area contributed by atoms with Crippen LogP contribution in [0.3, 0.4) is 0 Å². The lowest BCUT2D eigenvalue weighted by Crippen LogP contribution is -2.38. The van der Waals surface area contributed by atoms with Crippen molar-refractivity contribution in [1.82, 2.24) is 25.1 Å². The molecule has 2 heterocycles. The van der Waals surface area contributed by atoms with Gasteiger partial charge < -0.3 is 10.0 Å². The molecular weight excluding hydrogens is 246 g/mol. The average molecular weight is 267 g/mol. The van der Waals surface area contributed by atoms with Gasteiger partial charge in [0.2, 0.25) is 5.91 Å². The zero-order chi connectivity index (χ0) is 13.9. The monoisotopic (exact) mass is 267 g/mol. The average Bonchev–Trinajstić information content (AvgIpc) is 2.79. The minimum Gasteiger partial charge on any atom is -0.393 e. The van der Waals surface area contributed by atoms with E-state index in [4.69, 9.17) is 0 Å². The van der Waals surface area contributed by atoms with Gasteiger partial charge in [-0.05, 0) is 28.7 Å². The molecule has 0 radical (unpaired) electrons. The molecule has 1 fully saturated rings. The van der Waals surface area contributed by atoms with Crippen LogP contribution < -0.4 is 0 Å². The molecule has 7 nitrogen and oxygen atoms in total. The van der Waals surface area contributed by atoms with Crippen LogP contribution in [0.5, 0.6) is 0 Å². The summed E-state index contributed by atoms with van der Waals surface area (Å²) in [6, 6.07) is 0. The van der Waals surface area contributed by atoms with Gasteiger partial charge in [-0.15, -0.1) is 5.10 Å². The molecule has 0 aromatic carbocycles. The van der Waals surface area contributed by atoms with E-state index < -0.39 is 0 Å². The Morgan fingerprint density at radius 2 is 2.32 bits per heavy atom. The first kappa shape index (κ1) is 13.9. The number of hydrogen-bond acceptors (Lipinski definition) is 5. The SMILES string of the molecule is CC1(C)CC(O)CCN(C(=O)CCn2cnnn2)C1. The molecule has 1 unspecified atom stereocenters. The number of amides is 1. The topological polar surface area (TPSA) is 84.1 Å². The molecule has 0 bridgehead atoms. The van der Waals surface area contributed by atoms with Gasteiger partial charge in [0.15, 0.2) is 0 Å². The van der Waals surface area contributed by atoms with Gasteiger partial charge in [-0.25, -0.2) is 4.68 Å². The second-order valence-electron chi connectivity index (χ2n) is 5.95. The maximum Gasteiger partial charge on any atom is 0.224 e. The van der Waals surface area contributed by atoms with Crippen molar-refractivity contribution in [1.29, 1.82) is 0 Å². The predicted molar refractivity (Wildman–Crippen MR) is 68.0 cm³/mol. The van der Waals surface area contributed by atoms with Gasteiger partial charge in [0, 0.05) is 19.5 Å². The highest BCUT2D eigenvalue weighted by Crippen LogP contribution is 2.28. The Balaban J connectivity index is 1.90. The number of rotatable bonds is 3. The number of likely N-dealkylation sites (tertiary alicyclic amines) is 1. The highest BCUT2D eigenvalue weighted by Gasteiger charge is 2.30. The van der Waals surface area contributed by atoms with Crippen LogP contribution in [-0.2, 0) is 11.3 Å². The molecule has 1 aliphatic heterocycles. The number of carbonyl (C=O) groups excluding carboxylic acids is 1. The Labute approximate surface area is 112 Å². The molecule has 1 amide bonds. The molecule has 0 spiro atoms. The fourth-order valence-electron chi connectivity index (χ4n) is 2.57. The number of aliphatic hydroxyl groups excluding tert-OH is 1. The van der Waals surface area contributed by atoms with Crippen molar-refractivity contribution >= 4 is 5.91 Å². The smallest absolute Gasteiger partial charge is 0.224 e. The van der Waals surface area contributed by atoms with Crippen LogP contribution in [0.1, 0.15) is 33.1 Å². The van der Waals surface area contributed by atoms with Gasteiger partial charge in [-0.2, -0.15) is 0 Å². The minimum atomic E-state index is -0.313. The lowest BCUT2D eigenvalue weighted by molar-refractivity contribution is -0.132. The van der Waals surface area contributed by atoms with Crippen LogP contribution in [0.4, 0.5) is 0 Å². The van der Waals surface area contributed by atoms with E-state index in [1.54, 1.807) is 4.68 Å². The number of tetrazole rings is 1. The molecule has 106 valence electrons. The molecule has 0 aliphatic carbocycles. The van der Waals surface area contributed by atoms with E-state index in [2.05, 4.69) is 29.4 Å². The van der Waals surface area contributed by atoms with Gasteiger partial charge in [0.25, 0.3) is 0 Å². The number of aliphatic hydroxyl groups is 1. The molecule has 1 N–H and O–H groups in total. The third-order valence-electron chi connectivity index (χ3n) is 3.44. The van der Waals surface area contributed by atoms with E-state index in [1.165, 1.54) is 6.33 Å². The molecular formula is C12H21N5O2. The molecule has 0 saturated carbocycles. The largest absolute Gasteiger partial charge is 0.393 e. The first-order valence-electron chi connectivity index (χ1n) is 6.63. The highest BCUT2D eigenvalue weighted by molar-refractivity contribution is 5.76. The van der Waals surface area contributed by atoms with E-state index in [0.29, 0.717) is 32.5 Å². The summed E-state index contributed by atoms with van der Waals surface area (Å²) in [5.41, 5.74) is -0.0413. The lowest BCUT2D eigenvalue weighted by Gasteiger charge is -2.29. The predicted octanol–water partition coefficient (Wildman–Crippen LogP) is 0.0727. The number of hydrogen-bond donors (Lipinski definition) is 1. The van der Waals surface area contributed by atoms with Crippen LogP contribution in [0.15, 0.2) is 6.33 Å². The zero-order valence-electron chi connectivity index (χ0n) is 11.5. The Kier molecular flexibility index (Phi) is 4.14. The summed E-state index contributed by atoms with van der Waals surface area (Å²) in [5, 5.41) is 20.6. The second-order valence-corrected chi connectivity index (χ2v) is 5.95. The molecule has 1 aromatic rings. The summed E-state index contributed by atoms with van der Waals surface area (Å²) >= 11 is 0. The quantitative estimate of drug-likeness (QED) is 0.838. The van der Waals surface area contributed by atoms with Crippen molar-refractivity contribution in [2.24, 2.45) is 5.41 Å². The summed E-state index contributed by atoms with van der Waals surface area (Å²) in [7, 11) is 0. The van der Waals surface area contributed by atoms with Gasteiger partial charge in [0.1, 0.15) is 6.33 Å². The molecule has 1 aliphatic rings. The number of carbonyl (C=O) groups is 1. The number of aromatic nitrogens is 4. The normalized spacial score (nSPS) is 23.1. The van der Waals surface area contributed by atoms with Crippen LogP contribution in [0, 0.1) is 5.41 Å². The molecule has 7 heteroatoms. The molecule has 2 rings (SSSR count). The van der Waals surface area contributed by atoms with Crippen molar-refractivity contribution in [3.8, 4) is 0 Å². The summed E-state index contributed by atoms with van der Waals surface area (Å²) in [5.74, 6) is 0.0951. The number of nitrogens with zero attached hydrogens (tertiary/aromatic N) is 5. The maximum absolute atomic E-state index is 12.2. The van der Waals surface area contributed by atoms with E-state index in [-0.39, 0.29) is 17.4 Å². The van der Waals surface area contributed by atoms with E-state index in [9.17, 15) is 9.90 Å². The Morgan fingerprint density at radius 1 is 1.53 bits per heavy atom. The lowest BCUT2D eigenvalue weighted by atomic mass is 9.87. The summed E-state index contributed by atoms with van der Waals surface area (Å²) < 4.78 is 1.55. The molecule has 19 heavy (non-hydrogen) atoms. The summed E-state index contributed by atoms with van der Waals surface area (Å²) in [6.45, 7) is 5.98. The second kappa shape index (κ2) is 5.64. The van der Waals surface area contributed by atoms with Crippen molar-refractivity contribution in [3.63, 3.8) is 0 Å². The Bertz CT molecular complexity index is 418. The summed E-state index contributed by atoms with van der Waals surface area (Å²) in [6.07, 6.45) is 2.97. The van der Waals surface area contributed by atoms with Gasteiger partial charge in [-0.1, -0.05) is 13.8 Å². The molecule has 1 aromatic heterocycles. The first-order chi connectivity index (χ1) is 8.96. The van der Waals surface area contributed by atoms with Gasteiger partial charge >= 0.3 is 0 Å². The van der Waals surface area contributed by atoms with E-state index in [0.717, 1.165) is 6.42 Å². The molecule has 1 saturated heterocycles. The van der Waals surface area contributed by atoms with E-state index >= 15 is 0 Å². The van der Waals surface area contributed by atoms with Gasteiger partial charge in [0.05, 0.1) is 12.6 Å². The van der Waals surface area contributed by atoms with Crippen molar-refractivity contribution < 1.29 is 9.90 Å². The highest BCUT2D eigenvalue weighted by atomic mass is 16.3. The molecule has 1 atom stereocenters. The number of aryl methyl sites for hydroxylation is 1. The van der Waals surface area contributed by atoms with Crippen molar-refractivity contribution in [2.75, 3.05) is 13.1 Å². The maximum atomic E-state index is 12.2. The first-order valence-corrected chi connectivity index (χ1v) is 6.63. The van der Waals surface area contributed by atoms with Crippen LogP contribution in [0.2, 0.25) is 0 Å². The Hall–Kier alpha value is -1.50. The van der Waals surface area contributed by atoms with Gasteiger partial charge in [-0.3, -0.25) is 4.79 Å². The third-order valence-corrected chi connectivity index (χ3v) is 3.44. The zero-order valence-corrected chi connectivity index (χ0v) is 11.5. The fourth-order valence-corrected chi connectivity index (χ4v) is 2.57. The summed E-state index contributed by atoms with van der Waals surface area (Å²) in [4.78, 5) is 14.1. The standard InChI is InChI=1S/C12H21N5O2/c1-12(2)7-10(18)3-5-16(8-12)11(19)4-6-17-9-13-14-15-17/h9-10,18H,3-8H2,1-2H3.